The monoisotopic (exact) mass is 394 g/mol. The van der Waals surface area contributed by atoms with Gasteiger partial charge >= 0.3 is 0 Å². The van der Waals surface area contributed by atoms with Crippen molar-refractivity contribution >= 4 is 11.5 Å². The summed E-state index contributed by atoms with van der Waals surface area (Å²) in [7, 11) is 0. The van der Waals surface area contributed by atoms with Crippen LogP contribution in [-0.4, -0.2) is 41.8 Å². The zero-order chi connectivity index (χ0) is 20.3. The topological polar surface area (TPSA) is 51.9 Å². The van der Waals surface area contributed by atoms with Crippen molar-refractivity contribution in [1.82, 2.24) is 9.80 Å². The minimum Gasteiger partial charge on any atom is -0.454 e. The molecular weight excluding hydrogens is 372 g/mol. The number of fused-ring (bicyclic) bond motifs is 2. The van der Waals surface area contributed by atoms with Crippen molar-refractivity contribution in [2.24, 2.45) is 4.99 Å². The number of piperazine rings is 1. The fourth-order valence-corrected chi connectivity index (χ4v) is 4.04. The Hall–Kier alpha value is -3.62. The quantitative estimate of drug-likeness (QED) is 0.639. The first-order chi connectivity index (χ1) is 14.8. The van der Waals surface area contributed by atoms with Crippen LogP contribution in [0.25, 0.3) is 0 Å². The van der Waals surface area contributed by atoms with Gasteiger partial charge < -0.3 is 9.64 Å². The van der Waals surface area contributed by atoms with Gasteiger partial charge in [0, 0.05) is 32.7 Å². The van der Waals surface area contributed by atoms with Crippen molar-refractivity contribution in [1.29, 1.82) is 5.26 Å². The van der Waals surface area contributed by atoms with Crippen LogP contribution in [0.1, 0.15) is 16.7 Å². The lowest BCUT2D eigenvalue weighted by atomic mass is 10.1. The maximum Gasteiger partial charge on any atom is 0.153 e. The Labute approximate surface area is 176 Å². The van der Waals surface area contributed by atoms with Crippen LogP contribution in [0.15, 0.2) is 77.8 Å². The summed E-state index contributed by atoms with van der Waals surface area (Å²) in [6, 6.07) is 26.2. The third-order valence-corrected chi connectivity index (χ3v) is 5.64. The number of nitriles is 1. The molecule has 3 aromatic carbocycles. The van der Waals surface area contributed by atoms with Gasteiger partial charge in [-0.2, -0.15) is 5.26 Å². The van der Waals surface area contributed by atoms with E-state index in [4.69, 9.17) is 9.73 Å². The van der Waals surface area contributed by atoms with E-state index in [1.54, 1.807) is 0 Å². The molecule has 5 nitrogen and oxygen atoms in total. The molecule has 2 aliphatic heterocycles. The van der Waals surface area contributed by atoms with Gasteiger partial charge in [-0.05, 0) is 35.9 Å². The number of amidine groups is 1. The molecule has 148 valence electrons. The number of hydrogen-bond donors (Lipinski definition) is 0. The number of rotatable bonds is 2. The number of ether oxygens (including phenoxy) is 1. The summed E-state index contributed by atoms with van der Waals surface area (Å²) in [5.41, 5.74) is 3.73. The lowest BCUT2D eigenvalue weighted by Gasteiger charge is -2.36. The van der Waals surface area contributed by atoms with E-state index in [1.165, 1.54) is 0 Å². The first kappa shape index (κ1) is 18.4. The van der Waals surface area contributed by atoms with Gasteiger partial charge in [-0.15, -0.1) is 0 Å². The SMILES string of the molecule is N#Cc1ccccc1CN1CCN(C2=Nc3ccccc3Oc3ccccc32)CC1. The van der Waals surface area contributed by atoms with E-state index in [0.717, 1.165) is 72.4 Å². The summed E-state index contributed by atoms with van der Waals surface area (Å²) in [6.45, 7) is 4.40. The minimum atomic E-state index is 0.760. The van der Waals surface area contributed by atoms with E-state index in [1.807, 2.05) is 66.7 Å². The second-order valence-electron chi connectivity index (χ2n) is 7.53. The van der Waals surface area contributed by atoms with Gasteiger partial charge in [-0.1, -0.05) is 42.5 Å². The molecule has 2 heterocycles. The lowest BCUT2D eigenvalue weighted by molar-refractivity contribution is 0.175. The highest BCUT2D eigenvalue weighted by Gasteiger charge is 2.25. The average Bonchev–Trinajstić information content (AvgIpc) is 2.97. The molecule has 0 amide bonds. The van der Waals surface area contributed by atoms with E-state index >= 15 is 0 Å². The highest BCUT2D eigenvalue weighted by Crippen LogP contribution is 2.37. The fourth-order valence-electron chi connectivity index (χ4n) is 4.04. The predicted octanol–water partition coefficient (Wildman–Crippen LogP) is 4.56. The van der Waals surface area contributed by atoms with Gasteiger partial charge in [0.25, 0.3) is 0 Å². The molecule has 0 bridgehead atoms. The molecule has 3 aromatic rings. The summed E-state index contributed by atoms with van der Waals surface area (Å²) in [5.74, 6) is 2.59. The van der Waals surface area contributed by atoms with E-state index in [-0.39, 0.29) is 0 Å². The Balaban J connectivity index is 1.38. The molecule has 1 fully saturated rings. The molecule has 0 atom stereocenters. The Morgan fingerprint density at radius 2 is 1.53 bits per heavy atom. The van der Waals surface area contributed by atoms with Gasteiger partial charge in [0.05, 0.1) is 17.2 Å². The Bertz CT molecular complexity index is 1140. The van der Waals surface area contributed by atoms with Crippen molar-refractivity contribution in [3.8, 4) is 17.6 Å². The molecule has 0 N–H and O–H groups in total. The Morgan fingerprint density at radius 3 is 2.37 bits per heavy atom. The molecule has 0 unspecified atom stereocenters. The second kappa shape index (κ2) is 8.02. The zero-order valence-corrected chi connectivity index (χ0v) is 16.7. The van der Waals surface area contributed by atoms with Crippen LogP contribution in [0.2, 0.25) is 0 Å². The van der Waals surface area contributed by atoms with Gasteiger partial charge in [-0.25, -0.2) is 4.99 Å². The van der Waals surface area contributed by atoms with Crippen LogP contribution in [0.3, 0.4) is 0 Å². The van der Waals surface area contributed by atoms with Gasteiger partial charge in [-0.3, -0.25) is 4.90 Å². The van der Waals surface area contributed by atoms with Crippen LogP contribution in [0.5, 0.6) is 11.5 Å². The second-order valence-corrected chi connectivity index (χ2v) is 7.53. The maximum absolute atomic E-state index is 9.36. The van der Waals surface area contributed by atoms with E-state index < -0.39 is 0 Å². The summed E-state index contributed by atoms with van der Waals surface area (Å²) in [6.07, 6.45) is 0. The van der Waals surface area contributed by atoms with E-state index in [0.29, 0.717) is 0 Å². The molecular formula is C25H22N4O. The number of para-hydroxylation sites is 3. The molecule has 0 spiro atoms. The van der Waals surface area contributed by atoms with Crippen LogP contribution >= 0.6 is 0 Å². The van der Waals surface area contributed by atoms with Gasteiger partial charge in [0.1, 0.15) is 17.3 Å². The Kier molecular flexibility index (Phi) is 4.92. The molecule has 30 heavy (non-hydrogen) atoms. The summed E-state index contributed by atoms with van der Waals surface area (Å²) in [5, 5.41) is 9.36. The molecule has 5 heteroatoms. The minimum absolute atomic E-state index is 0.760. The third-order valence-electron chi connectivity index (χ3n) is 5.64. The van der Waals surface area contributed by atoms with Crippen LogP contribution in [-0.2, 0) is 6.54 Å². The van der Waals surface area contributed by atoms with Crippen LogP contribution < -0.4 is 4.74 Å². The molecule has 0 aromatic heterocycles. The van der Waals surface area contributed by atoms with Gasteiger partial charge in [0.15, 0.2) is 5.75 Å². The summed E-state index contributed by atoms with van der Waals surface area (Å²) in [4.78, 5) is 9.74. The number of nitrogens with zero attached hydrogens (tertiary/aromatic N) is 4. The van der Waals surface area contributed by atoms with E-state index in [9.17, 15) is 5.26 Å². The van der Waals surface area contributed by atoms with Crippen LogP contribution in [0.4, 0.5) is 5.69 Å². The van der Waals surface area contributed by atoms with Gasteiger partial charge in [0.2, 0.25) is 0 Å². The lowest BCUT2D eigenvalue weighted by Crippen LogP contribution is -2.48. The molecule has 1 saturated heterocycles. The molecule has 5 rings (SSSR count). The number of hydrogen-bond acceptors (Lipinski definition) is 5. The highest BCUT2D eigenvalue weighted by molar-refractivity contribution is 6.03. The first-order valence-electron chi connectivity index (χ1n) is 10.2. The predicted molar refractivity (Wildman–Crippen MR) is 117 cm³/mol. The molecule has 2 aliphatic rings. The summed E-state index contributed by atoms with van der Waals surface area (Å²) >= 11 is 0. The molecule has 0 aliphatic carbocycles. The summed E-state index contributed by atoms with van der Waals surface area (Å²) < 4.78 is 6.17. The zero-order valence-electron chi connectivity index (χ0n) is 16.7. The van der Waals surface area contributed by atoms with Crippen molar-refractivity contribution < 1.29 is 4.74 Å². The van der Waals surface area contributed by atoms with Crippen molar-refractivity contribution in [2.75, 3.05) is 26.2 Å². The normalized spacial score (nSPS) is 15.8. The largest absolute Gasteiger partial charge is 0.454 e. The highest BCUT2D eigenvalue weighted by atomic mass is 16.5. The maximum atomic E-state index is 9.36. The van der Waals surface area contributed by atoms with Crippen LogP contribution in [0, 0.1) is 11.3 Å². The average molecular weight is 394 g/mol. The number of aliphatic imine (C=N–C) groups is 1. The molecule has 0 radical (unpaired) electrons. The first-order valence-corrected chi connectivity index (χ1v) is 10.2. The van der Waals surface area contributed by atoms with Crippen molar-refractivity contribution in [3.63, 3.8) is 0 Å². The van der Waals surface area contributed by atoms with E-state index in [2.05, 4.69) is 21.9 Å². The Morgan fingerprint density at radius 1 is 0.833 bits per heavy atom. The standard InChI is InChI=1S/C25H22N4O/c26-17-19-7-1-2-8-20(19)18-28-13-15-29(16-14-28)25-21-9-3-5-11-23(21)30-24-12-6-4-10-22(24)27-25/h1-12H,13-16,18H2. The van der Waals surface area contributed by atoms with Crippen molar-refractivity contribution in [3.05, 3.63) is 89.5 Å². The third kappa shape index (κ3) is 3.54. The fraction of sp³-hybridized carbons (Fsp3) is 0.200. The smallest absolute Gasteiger partial charge is 0.153 e. The molecule has 0 saturated carbocycles. The van der Waals surface area contributed by atoms with Crippen molar-refractivity contribution in [2.45, 2.75) is 6.54 Å². The number of benzene rings is 3.